The Morgan fingerprint density at radius 3 is 2.15 bits per heavy atom. The zero-order valence-corrected chi connectivity index (χ0v) is 16.0. The number of nitrogens with zero attached hydrogens (tertiary/aromatic N) is 1. The fraction of sp³-hybridized carbons (Fsp3) is 0.529. The van der Waals surface area contributed by atoms with Crippen molar-refractivity contribution >= 4 is 22.0 Å². The molecule has 1 atom stereocenters. The molecule has 1 unspecified atom stereocenters. The van der Waals surface area contributed by atoms with Crippen LogP contribution in [0.2, 0.25) is 0 Å². The van der Waals surface area contributed by atoms with Gasteiger partial charge < -0.3 is 14.8 Å². The lowest BCUT2D eigenvalue weighted by Gasteiger charge is -2.27. The summed E-state index contributed by atoms with van der Waals surface area (Å²) in [6.45, 7) is 3.57. The molecule has 0 aromatic heterocycles. The van der Waals surface area contributed by atoms with E-state index in [0.29, 0.717) is 25.9 Å². The lowest BCUT2D eigenvalue weighted by Crippen LogP contribution is -2.42. The molecule has 0 aliphatic carbocycles. The molecule has 1 aliphatic rings. The Morgan fingerprint density at radius 2 is 1.73 bits per heavy atom. The molecular weight excluding hydrogens is 360 g/mol. The topological polar surface area (TPSA) is 102 Å². The maximum absolute atomic E-state index is 13.2. The van der Waals surface area contributed by atoms with Crippen LogP contribution in [0.4, 0.5) is 0 Å². The molecule has 1 aliphatic heterocycles. The van der Waals surface area contributed by atoms with E-state index < -0.39 is 22.0 Å². The van der Waals surface area contributed by atoms with Gasteiger partial charge in [0.2, 0.25) is 10.0 Å². The van der Waals surface area contributed by atoms with Gasteiger partial charge in [0.05, 0.1) is 30.2 Å². The summed E-state index contributed by atoms with van der Waals surface area (Å²) in [5.74, 6) is -1.45. The van der Waals surface area contributed by atoms with Gasteiger partial charge in [-0.25, -0.2) is 18.0 Å². The van der Waals surface area contributed by atoms with Crippen LogP contribution in [-0.2, 0) is 19.5 Å². The van der Waals surface area contributed by atoms with Crippen molar-refractivity contribution in [2.45, 2.75) is 30.7 Å². The van der Waals surface area contributed by atoms with Gasteiger partial charge in [0.15, 0.2) is 0 Å². The van der Waals surface area contributed by atoms with Crippen LogP contribution in [0.15, 0.2) is 23.1 Å². The van der Waals surface area contributed by atoms with Crippen LogP contribution < -0.4 is 5.32 Å². The fourth-order valence-corrected chi connectivity index (χ4v) is 4.78. The second-order valence-corrected chi connectivity index (χ2v) is 7.88. The van der Waals surface area contributed by atoms with Crippen LogP contribution in [-0.4, -0.2) is 64.6 Å². The molecule has 0 amide bonds. The van der Waals surface area contributed by atoms with Crippen LogP contribution >= 0.6 is 0 Å². The number of methoxy groups -OCH3 is 2. The zero-order valence-electron chi connectivity index (χ0n) is 15.1. The van der Waals surface area contributed by atoms with Crippen molar-refractivity contribution in [3.8, 4) is 0 Å². The molecule has 2 rings (SSSR count). The molecular formula is C17H24N2O6S. The first-order chi connectivity index (χ1) is 12.3. The van der Waals surface area contributed by atoms with Crippen molar-refractivity contribution in [3.63, 3.8) is 0 Å². The summed E-state index contributed by atoms with van der Waals surface area (Å²) < 4.78 is 37.2. The second kappa shape index (κ2) is 8.61. The maximum Gasteiger partial charge on any atom is 0.337 e. The normalized spacial score (nSPS) is 17.3. The third-order valence-corrected chi connectivity index (χ3v) is 6.17. The van der Waals surface area contributed by atoms with E-state index in [9.17, 15) is 18.0 Å². The molecule has 1 fully saturated rings. The Bertz CT molecular complexity index is 737. The van der Waals surface area contributed by atoms with Crippen molar-refractivity contribution in [1.29, 1.82) is 0 Å². The van der Waals surface area contributed by atoms with Gasteiger partial charge in [0.1, 0.15) is 0 Å². The minimum Gasteiger partial charge on any atom is -0.465 e. The molecule has 0 spiro atoms. The first kappa shape index (κ1) is 20.3. The number of ether oxygens (including phenoxy) is 2. The summed E-state index contributed by atoms with van der Waals surface area (Å²) in [7, 11) is -1.52. The van der Waals surface area contributed by atoms with Crippen LogP contribution in [0.3, 0.4) is 0 Å². The molecule has 1 aromatic rings. The van der Waals surface area contributed by atoms with Crippen LogP contribution in [0.5, 0.6) is 0 Å². The van der Waals surface area contributed by atoms with E-state index in [4.69, 9.17) is 0 Å². The highest BCUT2D eigenvalue weighted by atomic mass is 32.2. The number of esters is 2. The summed E-state index contributed by atoms with van der Waals surface area (Å²) >= 11 is 0. The largest absolute Gasteiger partial charge is 0.465 e. The highest BCUT2D eigenvalue weighted by molar-refractivity contribution is 7.89. The molecule has 0 radical (unpaired) electrons. The summed E-state index contributed by atoms with van der Waals surface area (Å²) in [5, 5.41) is 3.16. The highest BCUT2D eigenvalue weighted by Gasteiger charge is 2.33. The Hall–Kier alpha value is -1.97. The first-order valence-electron chi connectivity index (χ1n) is 8.39. The molecule has 1 saturated heterocycles. The van der Waals surface area contributed by atoms with Crippen LogP contribution in [0.1, 0.15) is 40.5 Å². The van der Waals surface area contributed by atoms with Gasteiger partial charge in [-0.1, -0.05) is 6.92 Å². The lowest BCUT2D eigenvalue weighted by atomic mass is 10.1. The number of sulfonamides is 1. The monoisotopic (exact) mass is 384 g/mol. The zero-order chi connectivity index (χ0) is 19.3. The number of hydrogen-bond acceptors (Lipinski definition) is 7. The number of carbonyl (C=O) groups excluding carboxylic acids is 2. The van der Waals surface area contributed by atoms with Crippen molar-refractivity contribution in [2.24, 2.45) is 0 Å². The molecule has 26 heavy (non-hydrogen) atoms. The van der Waals surface area contributed by atoms with Crippen molar-refractivity contribution < 1.29 is 27.5 Å². The molecule has 0 bridgehead atoms. The van der Waals surface area contributed by atoms with Crippen molar-refractivity contribution in [3.05, 3.63) is 29.3 Å². The predicted molar refractivity (Wildman–Crippen MR) is 94.6 cm³/mol. The van der Waals surface area contributed by atoms with E-state index in [2.05, 4.69) is 14.8 Å². The summed E-state index contributed by atoms with van der Waals surface area (Å²) in [6, 6.07) is 3.57. The van der Waals surface area contributed by atoms with Gasteiger partial charge in [-0.05, 0) is 37.6 Å². The van der Waals surface area contributed by atoms with Gasteiger partial charge in [-0.3, -0.25) is 0 Å². The Labute approximate surface area is 153 Å². The number of rotatable bonds is 7. The summed E-state index contributed by atoms with van der Waals surface area (Å²) in [5.41, 5.74) is -0.0371. The molecule has 1 aromatic carbocycles. The second-order valence-electron chi connectivity index (χ2n) is 5.99. The Kier molecular flexibility index (Phi) is 6.74. The molecule has 144 valence electrons. The predicted octanol–water partition coefficient (Wildman–Crippen LogP) is 1.02. The van der Waals surface area contributed by atoms with Gasteiger partial charge >= 0.3 is 11.9 Å². The molecule has 0 saturated carbocycles. The minimum absolute atomic E-state index is 0.0185. The van der Waals surface area contributed by atoms with E-state index in [0.717, 1.165) is 6.54 Å². The lowest BCUT2D eigenvalue weighted by molar-refractivity contribution is 0.0598. The Balaban J connectivity index is 2.55. The Morgan fingerprint density at radius 1 is 1.15 bits per heavy atom. The van der Waals surface area contributed by atoms with Gasteiger partial charge in [0.25, 0.3) is 0 Å². The molecule has 1 N–H and O–H groups in total. The van der Waals surface area contributed by atoms with E-state index >= 15 is 0 Å². The molecule has 8 nitrogen and oxygen atoms in total. The van der Waals surface area contributed by atoms with Crippen LogP contribution in [0, 0.1) is 0 Å². The van der Waals surface area contributed by atoms with Gasteiger partial charge in [-0.15, -0.1) is 0 Å². The molecule has 1 heterocycles. The number of nitrogens with one attached hydrogen (secondary N) is 1. The highest BCUT2D eigenvalue weighted by Crippen LogP contribution is 2.24. The minimum atomic E-state index is -3.90. The standard InChI is InChI=1S/C17H24N2O6S/c1-4-7-19(14-5-6-18-11-14)26(22,23)15-9-12(16(20)24-2)8-13(10-15)17(21)25-3/h8-10,14,18H,4-7,11H2,1-3H3. The molecule has 9 heteroatoms. The smallest absolute Gasteiger partial charge is 0.337 e. The first-order valence-corrected chi connectivity index (χ1v) is 9.83. The van der Waals surface area contributed by atoms with E-state index in [1.807, 2.05) is 6.92 Å². The summed E-state index contributed by atoms with van der Waals surface area (Å²) in [4.78, 5) is 23.7. The third kappa shape index (κ3) is 4.22. The number of carbonyl (C=O) groups is 2. The van der Waals surface area contributed by atoms with Crippen LogP contribution in [0.25, 0.3) is 0 Å². The quantitative estimate of drug-likeness (QED) is 0.700. The van der Waals surface area contributed by atoms with E-state index in [-0.39, 0.29) is 22.1 Å². The number of hydrogen-bond donors (Lipinski definition) is 1. The fourth-order valence-electron chi connectivity index (χ4n) is 2.96. The van der Waals surface area contributed by atoms with Crippen molar-refractivity contribution in [2.75, 3.05) is 33.9 Å². The average molecular weight is 384 g/mol. The van der Waals surface area contributed by atoms with Gasteiger partial charge in [-0.2, -0.15) is 4.31 Å². The van der Waals surface area contributed by atoms with Crippen molar-refractivity contribution in [1.82, 2.24) is 9.62 Å². The van der Waals surface area contributed by atoms with E-state index in [1.54, 1.807) is 0 Å². The average Bonchev–Trinajstić information content (AvgIpc) is 3.18. The van der Waals surface area contributed by atoms with E-state index in [1.165, 1.54) is 36.7 Å². The number of benzene rings is 1. The van der Waals surface area contributed by atoms with Gasteiger partial charge in [0, 0.05) is 19.1 Å². The maximum atomic E-state index is 13.2. The SMILES string of the molecule is CCCN(C1CCNC1)S(=O)(=O)c1cc(C(=O)OC)cc(C(=O)OC)c1. The third-order valence-electron chi connectivity index (χ3n) is 4.24. The summed E-state index contributed by atoms with van der Waals surface area (Å²) in [6.07, 6.45) is 1.36.